The van der Waals surface area contributed by atoms with Gasteiger partial charge in [-0.2, -0.15) is 0 Å². The van der Waals surface area contributed by atoms with Gasteiger partial charge in [0.2, 0.25) is 5.91 Å². The lowest BCUT2D eigenvalue weighted by molar-refractivity contribution is -0.133. The Labute approximate surface area is 156 Å². The number of amides is 2. The molecule has 1 aliphatic heterocycles. The topological polar surface area (TPSA) is 49.9 Å². The van der Waals surface area contributed by atoms with Crippen LogP contribution < -0.4 is 0 Å². The smallest absolute Gasteiger partial charge is 0.410 e. The molecule has 0 unspecified atom stereocenters. The second-order valence-electron chi connectivity index (χ2n) is 7.28. The first kappa shape index (κ1) is 19.7. The first-order valence-corrected chi connectivity index (χ1v) is 9.07. The molecule has 25 heavy (non-hydrogen) atoms. The van der Waals surface area contributed by atoms with Crippen molar-refractivity contribution in [2.24, 2.45) is 0 Å². The van der Waals surface area contributed by atoms with Gasteiger partial charge in [0.15, 0.2) is 0 Å². The van der Waals surface area contributed by atoms with Gasteiger partial charge >= 0.3 is 6.09 Å². The maximum atomic E-state index is 13.4. The Balaban J connectivity index is 1.97. The van der Waals surface area contributed by atoms with Crippen LogP contribution in [0.3, 0.4) is 0 Å². The van der Waals surface area contributed by atoms with Crippen LogP contribution in [0.4, 0.5) is 9.18 Å². The Morgan fingerprint density at radius 1 is 1.32 bits per heavy atom. The quantitative estimate of drug-likeness (QED) is 0.742. The fourth-order valence-electron chi connectivity index (χ4n) is 2.73. The number of carbonyl (C=O) groups excluding carboxylic acids is 2. The molecule has 0 bridgehead atoms. The highest BCUT2D eigenvalue weighted by Gasteiger charge is 2.32. The first-order chi connectivity index (χ1) is 11.6. The number of hydrogen-bond acceptors (Lipinski definition) is 3. The Morgan fingerprint density at radius 2 is 2.00 bits per heavy atom. The summed E-state index contributed by atoms with van der Waals surface area (Å²) in [5, 5.41) is 0. The van der Waals surface area contributed by atoms with Crippen LogP contribution in [0.25, 0.3) is 0 Å². The van der Waals surface area contributed by atoms with Gasteiger partial charge in [0, 0.05) is 30.1 Å². The number of ether oxygens (including phenoxy) is 1. The third-order valence-electron chi connectivity index (χ3n) is 3.96. The van der Waals surface area contributed by atoms with E-state index in [9.17, 15) is 14.0 Å². The van der Waals surface area contributed by atoms with Crippen molar-refractivity contribution in [3.05, 3.63) is 34.1 Å². The number of rotatable bonds is 2. The summed E-state index contributed by atoms with van der Waals surface area (Å²) < 4.78 is 19.5. The minimum Gasteiger partial charge on any atom is -0.444 e. The minimum atomic E-state index is -0.548. The molecule has 0 spiro atoms. The molecule has 0 radical (unpaired) electrons. The van der Waals surface area contributed by atoms with Crippen LogP contribution in [-0.2, 0) is 16.0 Å². The lowest BCUT2D eigenvalue weighted by Crippen LogP contribution is -2.56. The van der Waals surface area contributed by atoms with Crippen LogP contribution in [0.1, 0.15) is 33.3 Å². The van der Waals surface area contributed by atoms with Crippen molar-refractivity contribution in [3.63, 3.8) is 0 Å². The third kappa shape index (κ3) is 5.42. The minimum absolute atomic E-state index is 0.0815. The van der Waals surface area contributed by atoms with Gasteiger partial charge in [-0.25, -0.2) is 9.18 Å². The first-order valence-electron chi connectivity index (χ1n) is 8.28. The summed E-state index contributed by atoms with van der Waals surface area (Å²) in [5.74, 6) is -0.448. The molecule has 138 valence electrons. The zero-order chi connectivity index (χ0) is 18.8. The number of piperazine rings is 1. The van der Waals surface area contributed by atoms with Crippen LogP contribution in [0.2, 0.25) is 0 Å². The average Bonchev–Trinajstić information content (AvgIpc) is 2.48. The van der Waals surface area contributed by atoms with E-state index in [4.69, 9.17) is 4.74 Å². The standard InChI is InChI=1S/C18H24BrFN2O3/c1-12-11-21(7-8-22(12)17(24)25-18(2,3)4)16(23)10-13-9-14(20)5-6-15(13)19/h5-6,9,12H,7-8,10-11H2,1-4H3/t12-/m0/s1. The summed E-state index contributed by atoms with van der Waals surface area (Å²) in [7, 11) is 0. The molecule has 2 rings (SSSR count). The van der Waals surface area contributed by atoms with Crippen LogP contribution in [0, 0.1) is 5.82 Å². The van der Waals surface area contributed by atoms with E-state index in [-0.39, 0.29) is 30.3 Å². The molecule has 1 heterocycles. The molecule has 5 nitrogen and oxygen atoms in total. The van der Waals surface area contributed by atoms with Crippen LogP contribution in [-0.4, -0.2) is 53.1 Å². The van der Waals surface area contributed by atoms with Crippen molar-refractivity contribution in [2.75, 3.05) is 19.6 Å². The maximum absolute atomic E-state index is 13.4. The normalized spacial score (nSPS) is 18.2. The van der Waals surface area contributed by atoms with E-state index in [0.29, 0.717) is 29.7 Å². The molecule has 1 aliphatic rings. The van der Waals surface area contributed by atoms with Crippen molar-refractivity contribution >= 4 is 27.9 Å². The average molecular weight is 415 g/mol. The molecule has 1 saturated heterocycles. The van der Waals surface area contributed by atoms with Crippen LogP contribution in [0.5, 0.6) is 0 Å². The van der Waals surface area contributed by atoms with Crippen molar-refractivity contribution in [3.8, 4) is 0 Å². The lowest BCUT2D eigenvalue weighted by Gasteiger charge is -2.40. The molecular formula is C18H24BrFN2O3. The van der Waals surface area contributed by atoms with Gasteiger partial charge in [-0.05, 0) is 51.5 Å². The Bertz CT molecular complexity index is 660. The molecule has 1 atom stereocenters. The molecular weight excluding hydrogens is 391 g/mol. The second-order valence-corrected chi connectivity index (χ2v) is 8.13. The zero-order valence-corrected chi connectivity index (χ0v) is 16.6. The van der Waals surface area contributed by atoms with Gasteiger partial charge in [-0.15, -0.1) is 0 Å². The molecule has 0 aromatic heterocycles. The highest BCUT2D eigenvalue weighted by Crippen LogP contribution is 2.21. The summed E-state index contributed by atoms with van der Waals surface area (Å²) in [5.41, 5.74) is 0.0696. The molecule has 2 amide bonds. The summed E-state index contributed by atoms with van der Waals surface area (Å²) in [6.45, 7) is 8.67. The summed E-state index contributed by atoms with van der Waals surface area (Å²) in [6, 6.07) is 4.17. The van der Waals surface area contributed by atoms with Crippen molar-refractivity contribution < 1.29 is 18.7 Å². The lowest BCUT2D eigenvalue weighted by atomic mass is 10.1. The number of benzene rings is 1. The van der Waals surface area contributed by atoms with Gasteiger partial charge < -0.3 is 14.5 Å². The fraction of sp³-hybridized carbons (Fsp3) is 0.556. The SMILES string of the molecule is C[C@H]1CN(C(=O)Cc2cc(F)ccc2Br)CCN1C(=O)OC(C)(C)C. The van der Waals surface area contributed by atoms with Crippen molar-refractivity contribution in [1.29, 1.82) is 0 Å². The van der Waals surface area contributed by atoms with E-state index < -0.39 is 5.60 Å². The van der Waals surface area contributed by atoms with Gasteiger partial charge in [0.1, 0.15) is 11.4 Å². The monoisotopic (exact) mass is 414 g/mol. The highest BCUT2D eigenvalue weighted by atomic mass is 79.9. The van der Waals surface area contributed by atoms with E-state index >= 15 is 0 Å². The second kappa shape index (κ2) is 7.72. The third-order valence-corrected chi connectivity index (χ3v) is 4.73. The van der Waals surface area contributed by atoms with Gasteiger partial charge in [-0.1, -0.05) is 15.9 Å². The number of carbonyl (C=O) groups is 2. The Hall–Kier alpha value is -1.63. The van der Waals surface area contributed by atoms with Gasteiger partial charge in [-0.3, -0.25) is 4.79 Å². The maximum Gasteiger partial charge on any atom is 0.410 e. The predicted octanol–water partition coefficient (Wildman–Crippen LogP) is 3.60. The van der Waals surface area contributed by atoms with E-state index in [1.807, 2.05) is 27.7 Å². The molecule has 1 fully saturated rings. The van der Waals surface area contributed by atoms with E-state index in [0.717, 1.165) is 0 Å². The summed E-state index contributed by atoms with van der Waals surface area (Å²) in [4.78, 5) is 28.1. The van der Waals surface area contributed by atoms with E-state index in [1.165, 1.54) is 12.1 Å². The molecule has 7 heteroatoms. The van der Waals surface area contributed by atoms with E-state index in [1.54, 1.807) is 15.9 Å². The summed E-state index contributed by atoms with van der Waals surface area (Å²) >= 11 is 3.34. The molecule has 0 saturated carbocycles. The number of halogens is 2. The molecule has 0 N–H and O–H groups in total. The van der Waals surface area contributed by atoms with Crippen LogP contribution in [0.15, 0.2) is 22.7 Å². The van der Waals surface area contributed by atoms with E-state index in [2.05, 4.69) is 15.9 Å². The Morgan fingerprint density at radius 3 is 2.60 bits per heavy atom. The summed E-state index contributed by atoms with van der Waals surface area (Å²) in [6.07, 6.45) is -0.239. The van der Waals surface area contributed by atoms with Gasteiger partial charge in [0.25, 0.3) is 0 Å². The van der Waals surface area contributed by atoms with Crippen molar-refractivity contribution in [2.45, 2.75) is 45.8 Å². The predicted molar refractivity (Wildman–Crippen MR) is 96.8 cm³/mol. The fourth-order valence-corrected chi connectivity index (χ4v) is 3.12. The van der Waals surface area contributed by atoms with Crippen molar-refractivity contribution in [1.82, 2.24) is 9.80 Å². The molecule has 1 aromatic carbocycles. The molecule has 0 aliphatic carbocycles. The number of nitrogens with zero attached hydrogens (tertiary/aromatic N) is 2. The highest BCUT2D eigenvalue weighted by molar-refractivity contribution is 9.10. The zero-order valence-electron chi connectivity index (χ0n) is 15.0. The van der Waals surface area contributed by atoms with Crippen LogP contribution >= 0.6 is 15.9 Å². The number of hydrogen-bond donors (Lipinski definition) is 0. The molecule has 1 aromatic rings. The van der Waals surface area contributed by atoms with Gasteiger partial charge in [0.05, 0.1) is 6.42 Å². The Kier molecular flexibility index (Phi) is 6.08. The largest absolute Gasteiger partial charge is 0.444 e.